The number of benzene rings is 1. The first-order valence-corrected chi connectivity index (χ1v) is 5.19. The van der Waals surface area contributed by atoms with Crippen LogP contribution in [0.5, 0.6) is 0 Å². The summed E-state index contributed by atoms with van der Waals surface area (Å²) >= 11 is 6.13. The van der Waals surface area contributed by atoms with Crippen molar-refractivity contribution in [2.24, 2.45) is 5.73 Å². The van der Waals surface area contributed by atoms with Crippen LogP contribution in [0.25, 0.3) is 17.0 Å². The van der Waals surface area contributed by atoms with E-state index in [0.29, 0.717) is 10.7 Å². The van der Waals surface area contributed by atoms with Crippen molar-refractivity contribution in [3.05, 3.63) is 40.6 Å². The molecule has 0 unspecified atom stereocenters. The van der Waals surface area contributed by atoms with Crippen molar-refractivity contribution >= 4 is 34.5 Å². The van der Waals surface area contributed by atoms with E-state index < -0.39 is 5.91 Å². The summed E-state index contributed by atoms with van der Waals surface area (Å²) in [7, 11) is 0. The second kappa shape index (κ2) is 4.32. The van der Waals surface area contributed by atoms with Crippen LogP contribution in [-0.4, -0.2) is 10.9 Å². The Morgan fingerprint density at radius 2 is 2.18 bits per heavy atom. The first-order valence-electron chi connectivity index (χ1n) is 4.81. The van der Waals surface area contributed by atoms with Crippen LogP contribution in [0.1, 0.15) is 5.69 Å². The van der Waals surface area contributed by atoms with Crippen LogP contribution in [0.4, 0.5) is 0 Å². The number of aromatic nitrogens is 1. The number of H-pyrrole nitrogens is 1. The van der Waals surface area contributed by atoms with Gasteiger partial charge in [-0.1, -0.05) is 29.8 Å². The number of carbonyl (C=O) groups is 1. The van der Waals surface area contributed by atoms with E-state index in [4.69, 9.17) is 22.6 Å². The maximum absolute atomic E-state index is 10.9. The number of halogens is 1. The fraction of sp³-hybridized carbons (Fsp3) is 0. The van der Waals surface area contributed by atoms with E-state index in [1.165, 1.54) is 6.08 Å². The number of primary amides is 1. The number of amides is 1. The van der Waals surface area contributed by atoms with E-state index in [0.717, 1.165) is 10.9 Å². The smallest absolute Gasteiger partial charge is 0.259 e. The molecular weight excluding hydrogens is 238 g/mol. The molecule has 0 aliphatic rings. The third-order valence-electron chi connectivity index (χ3n) is 2.34. The van der Waals surface area contributed by atoms with E-state index in [1.54, 1.807) is 6.07 Å². The Hall–Kier alpha value is -2.25. The number of carbonyl (C=O) groups excluding carboxylic acids is 1. The van der Waals surface area contributed by atoms with E-state index in [-0.39, 0.29) is 5.57 Å². The Morgan fingerprint density at radius 1 is 1.47 bits per heavy atom. The van der Waals surface area contributed by atoms with E-state index in [2.05, 4.69) is 4.98 Å². The molecule has 1 aromatic carbocycles. The van der Waals surface area contributed by atoms with Crippen LogP contribution in [0.3, 0.4) is 0 Å². The lowest BCUT2D eigenvalue weighted by Crippen LogP contribution is -2.12. The molecule has 5 heteroatoms. The van der Waals surface area contributed by atoms with Crippen LogP contribution in [0.2, 0.25) is 5.02 Å². The van der Waals surface area contributed by atoms with E-state index in [9.17, 15) is 4.79 Å². The van der Waals surface area contributed by atoms with Crippen LogP contribution < -0.4 is 5.73 Å². The zero-order chi connectivity index (χ0) is 12.4. The van der Waals surface area contributed by atoms with Crippen LogP contribution in [0, 0.1) is 11.3 Å². The van der Waals surface area contributed by atoms with Gasteiger partial charge in [-0.15, -0.1) is 0 Å². The predicted molar refractivity (Wildman–Crippen MR) is 66.1 cm³/mol. The van der Waals surface area contributed by atoms with E-state index in [1.807, 2.05) is 24.3 Å². The van der Waals surface area contributed by atoms with Gasteiger partial charge in [0.05, 0.1) is 10.7 Å². The highest BCUT2D eigenvalue weighted by Gasteiger charge is 2.10. The molecule has 0 atom stereocenters. The summed E-state index contributed by atoms with van der Waals surface area (Å²) in [6.07, 6.45) is 1.35. The lowest BCUT2D eigenvalue weighted by atomic mass is 10.2. The molecule has 0 aliphatic heterocycles. The molecule has 4 nitrogen and oxygen atoms in total. The molecule has 2 rings (SSSR count). The van der Waals surface area contributed by atoms with Crippen molar-refractivity contribution in [2.45, 2.75) is 0 Å². The molecule has 84 valence electrons. The molecule has 0 bridgehead atoms. The summed E-state index contributed by atoms with van der Waals surface area (Å²) in [4.78, 5) is 14.0. The molecule has 3 N–H and O–H groups in total. The largest absolute Gasteiger partial charge is 0.365 e. The van der Waals surface area contributed by atoms with Crippen molar-refractivity contribution in [1.29, 1.82) is 5.26 Å². The minimum absolute atomic E-state index is 0.140. The maximum Gasteiger partial charge on any atom is 0.259 e. The summed E-state index contributed by atoms with van der Waals surface area (Å²) in [6, 6.07) is 9.15. The Bertz CT molecular complexity index is 664. The van der Waals surface area contributed by atoms with Gasteiger partial charge in [0, 0.05) is 10.9 Å². The normalized spacial score (nSPS) is 11.4. The van der Waals surface area contributed by atoms with Gasteiger partial charge in [-0.25, -0.2) is 0 Å². The van der Waals surface area contributed by atoms with E-state index >= 15 is 0 Å². The first-order chi connectivity index (χ1) is 8.13. The van der Waals surface area contributed by atoms with Gasteiger partial charge in [0.15, 0.2) is 0 Å². The molecule has 1 aromatic heterocycles. The highest BCUT2D eigenvalue weighted by atomic mass is 35.5. The van der Waals surface area contributed by atoms with Gasteiger partial charge in [-0.2, -0.15) is 5.26 Å². The Labute approximate surface area is 102 Å². The molecule has 0 fully saturated rings. The number of nitrogens with zero attached hydrogens (tertiary/aromatic N) is 1. The third kappa shape index (κ3) is 2.01. The standard InChI is InChI=1S/C12H8ClN3O/c13-11-8-3-1-2-4-9(8)16-10(11)5-7(6-14)12(15)17/h1-5,16H,(H2,15,17)/b7-5-. The van der Waals surface area contributed by atoms with Gasteiger partial charge in [0.1, 0.15) is 11.6 Å². The minimum atomic E-state index is -0.776. The second-order valence-corrected chi connectivity index (χ2v) is 3.81. The van der Waals surface area contributed by atoms with Gasteiger partial charge in [0.25, 0.3) is 5.91 Å². The number of hydrogen-bond acceptors (Lipinski definition) is 2. The summed E-state index contributed by atoms with van der Waals surface area (Å²) in [6.45, 7) is 0. The number of nitriles is 1. The molecular formula is C12H8ClN3O. The number of fused-ring (bicyclic) bond motifs is 1. The Morgan fingerprint density at radius 3 is 2.76 bits per heavy atom. The molecule has 0 spiro atoms. The van der Waals surface area contributed by atoms with Crippen molar-refractivity contribution in [3.8, 4) is 6.07 Å². The quantitative estimate of drug-likeness (QED) is 0.628. The molecule has 2 aromatic rings. The fourth-order valence-electron chi connectivity index (χ4n) is 1.53. The minimum Gasteiger partial charge on any atom is -0.365 e. The van der Waals surface area contributed by atoms with Crippen molar-refractivity contribution in [2.75, 3.05) is 0 Å². The average molecular weight is 246 g/mol. The first kappa shape index (κ1) is 11.2. The summed E-state index contributed by atoms with van der Waals surface area (Å²) in [5, 5.41) is 10.0. The molecule has 0 saturated carbocycles. The zero-order valence-electron chi connectivity index (χ0n) is 8.70. The zero-order valence-corrected chi connectivity index (χ0v) is 9.45. The number of rotatable bonds is 2. The summed E-state index contributed by atoms with van der Waals surface area (Å²) in [5.41, 5.74) is 6.25. The average Bonchev–Trinajstić information content (AvgIpc) is 2.63. The monoisotopic (exact) mass is 245 g/mol. The lowest BCUT2D eigenvalue weighted by Gasteiger charge is -1.91. The second-order valence-electron chi connectivity index (χ2n) is 3.43. The van der Waals surface area contributed by atoms with Crippen molar-refractivity contribution in [3.63, 3.8) is 0 Å². The van der Waals surface area contributed by atoms with Gasteiger partial charge < -0.3 is 10.7 Å². The fourth-order valence-corrected chi connectivity index (χ4v) is 1.80. The van der Waals surface area contributed by atoms with Crippen LogP contribution in [0.15, 0.2) is 29.8 Å². The number of aromatic amines is 1. The highest BCUT2D eigenvalue weighted by Crippen LogP contribution is 2.28. The Kier molecular flexibility index (Phi) is 2.86. The summed E-state index contributed by atoms with van der Waals surface area (Å²) in [5.74, 6) is -0.776. The Balaban J connectivity index is 2.61. The van der Waals surface area contributed by atoms with Gasteiger partial charge in [-0.3, -0.25) is 4.79 Å². The third-order valence-corrected chi connectivity index (χ3v) is 2.75. The predicted octanol–water partition coefficient (Wildman–Crippen LogP) is 2.21. The van der Waals surface area contributed by atoms with Crippen molar-refractivity contribution in [1.82, 2.24) is 4.98 Å². The van der Waals surface area contributed by atoms with Crippen LogP contribution in [-0.2, 0) is 4.79 Å². The summed E-state index contributed by atoms with van der Waals surface area (Å²) < 4.78 is 0. The number of nitrogens with two attached hydrogens (primary N) is 1. The number of nitrogens with one attached hydrogen (secondary N) is 1. The van der Waals surface area contributed by atoms with Gasteiger partial charge in [0.2, 0.25) is 0 Å². The highest BCUT2D eigenvalue weighted by molar-refractivity contribution is 6.37. The SMILES string of the molecule is N#C/C(=C/c1[nH]c2ccccc2c1Cl)C(N)=O. The van der Waals surface area contributed by atoms with Gasteiger partial charge >= 0.3 is 0 Å². The molecule has 1 amide bonds. The van der Waals surface area contributed by atoms with Crippen molar-refractivity contribution < 1.29 is 4.79 Å². The van der Waals surface area contributed by atoms with Gasteiger partial charge in [-0.05, 0) is 12.1 Å². The molecule has 1 heterocycles. The molecule has 0 saturated heterocycles. The number of para-hydroxylation sites is 1. The molecule has 0 radical (unpaired) electrons. The topological polar surface area (TPSA) is 82.7 Å². The van der Waals surface area contributed by atoms with Crippen LogP contribution >= 0.6 is 11.6 Å². The lowest BCUT2D eigenvalue weighted by molar-refractivity contribution is -0.114. The molecule has 0 aliphatic carbocycles. The number of hydrogen-bond donors (Lipinski definition) is 2. The maximum atomic E-state index is 10.9. The molecule has 17 heavy (non-hydrogen) atoms.